The molecule has 0 spiro atoms. The standard InChI is InChI=1S/C9H9NO4/c11-6-2-4-7-3-1-5-8(9(7)12)10(13)14/h1-5,11-12H,6H2. The minimum absolute atomic E-state index is 0.178. The molecule has 14 heavy (non-hydrogen) atoms. The molecule has 0 radical (unpaired) electrons. The van der Waals surface area contributed by atoms with Gasteiger partial charge in [0.2, 0.25) is 5.75 Å². The van der Waals surface area contributed by atoms with E-state index in [1.165, 1.54) is 30.4 Å². The molecule has 0 aromatic heterocycles. The SMILES string of the molecule is O=[N+]([O-])c1cccc(C=CCO)c1O. The van der Waals surface area contributed by atoms with Crippen LogP contribution in [0.1, 0.15) is 5.56 Å². The Balaban J connectivity index is 3.14. The van der Waals surface area contributed by atoms with Crippen molar-refractivity contribution in [1.29, 1.82) is 0 Å². The van der Waals surface area contributed by atoms with Crippen molar-refractivity contribution < 1.29 is 15.1 Å². The van der Waals surface area contributed by atoms with Crippen LogP contribution in [0.15, 0.2) is 24.3 Å². The van der Waals surface area contributed by atoms with E-state index in [-0.39, 0.29) is 18.0 Å². The molecule has 0 amide bonds. The van der Waals surface area contributed by atoms with Gasteiger partial charge in [-0.3, -0.25) is 10.1 Å². The number of para-hydroxylation sites is 1. The lowest BCUT2D eigenvalue weighted by molar-refractivity contribution is -0.385. The summed E-state index contributed by atoms with van der Waals surface area (Å²) in [6.07, 6.45) is 2.81. The van der Waals surface area contributed by atoms with Crippen molar-refractivity contribution in [2.75, 3.05) is 6.61 Å². The highest BCUT2D eigenvalue weighted by Gasteiger charge is 2.14. The van der Waals surface area contributed by atoms with Gasteiger partial charge in [-0.2, -0.15) is 0 Å². The van der Waals surface area contributed by atoms with Crippen molar-refractivity contribution in [2.45, 2.75) is 0 Å². The van der Waals surface area contributed by atoms with E-state index in [0.717, 1.165) is 0 Å². The first kappa shape index (κ1) is 10.2. The van der Waals surface area contributed by atoms with E-state index in [2.05, 4.69) is 0 Å². The van der Waals surface area contributed by atoms with E-state index < -0.39 is 4.92 Å². The molecule has 0 aliphatic heterocycles. The molecular formula is C9H9NO4. The maximum Gasteiger partial charge on any atom is 0.311 e. The van der Waals surface area contributed by atoms with Crippen LogP contribution in [0.5, 0.6) is 5.75 Å². The summed E-state index contributed by atoms with van der Waals surface area (Å²) in [7, 11) is 0. The van der Waals surface area contributed by atoms with Crippen LogP contribution in [0, 0.1) is 10.1 Å². The second-order valence-electron chi connectivity index (χ2n) is 2.56. The molecule has 0 unspecified atom stereocenters. The topological polar surface area (TPSA) is 83.6 Å². The van der Waals surface area contributed by atoms with Crippen LogP contribution in [0.4, 0.5) is 5.69 Å². The summed E-state index contributed by atoms with van der Waals surface area (Å²) < 4.78 is 0. The lowest BCUT2D eigenvalue weighted by atomic mass is 10.1. The van der Waals surface area contributed by atoms with Gasteiger partial charge in [-0.25, -0.2) is 0 Å². The number of rotatable bonds is 3. The van der Waals surface area contributed by atoms with Crippen LogP contribution in [0.2, 0.25) is 0 Å². The Morgan fingerprint density at radius 3 is 2.79 bits per heavy atom. The Kier molecular flexibility index (Phi) is 3.19. The molecule has 5 nitrogen and oxygen atoms in total. The molecule has 2 N–H and O–H groups in total. The molecule has 0 saturated carbocycles. The van der Waals surface area contributed by atoms with Crippen molar-refractivity contribution in [3.8, 4) is 5.75 Å². The fourth-order valence-electron chi connectivity index (χ4n) is 1.01. The maximum absolute atomic E-state index is 10.4. The molecule has 0 bridgehead atoms. The first-order valence-corrected chi connectivity index (χ1v) is 3.90. The van der Waals surface area contributed by atoms with Crippen LogP contribution in [-0.2, 0) is 0 Å². The molecule has 0 atom stereocenters. The lowest BCUT2D eigenvalue weighted by Crippen LogP contribution is -1.89. The number of benzene rings is 1. The second-order valence-corrected chi connectivity index (χ2v) is 2.56. The van der Waals surface area contributed by atoms with Crippen LogP contribution >= 0.6 is 0 Å². The summed E-state index contributed by atoms with van der Waals surface area (Å²) in [5, 5.41) is 28.3. The smallest absolute Gasteiger partial charge is 0.311 e. The monoisotopic (exact) mass is 195 g/mol. The van der Waals surface area contributed by atoms with Gasteiger partial charge < -0.3 is 10.2 Å². The minimum Gasteiger partial charge on any atom is -0.502 e. The second kappa shape index (κ2) is 4.38. The summed E-state index contributed by atoms with van der Waals surface area (Å²) in [5.74, 6) is -0.387. The van der Waals surface area contributed by atoms with Gasteiger partial charge in [0, 0.05) is 11.6 Å². The highest BCUT2D eigenvalue weighted by Crippen LogP contribution is 2.29. The Hall–Kier alpha value is -1.88. The first-order valence-electron chi connectivity index (χ1n) is 3.90. The van der Waals surface area contributed by atoms with E-state index in [1.807, 2.05) is 0 Å². The van der Waals surface area contributed by atoms with E-state index in [0.29, 0.717) is 5.56 Å². The number of aliphatic hydroxyl groups is 1. The van der Waals surface area contributed by atoms with Crippen molar-refractivity contribution in [1.82, 2.24) is 0 Å². The number of nitro groups is 1. The van der Waals surface area contributed by atoms with Crippen LogP contribution in [0.3, 0.4) is 0 Å². The number of phenols is 1. The first-order chi connectivity index (χ1) is 6.66. The van der Waals surface area contributed by atoms with Gasteiger partial charge in [0.1, 0.15) is 0 Å². The molecule has 1 aromatic rings. The summed E-state index contributed by atoms with van der Waals surface area (Å²) >= 11 is 0. The van der Waals surface area contributed by atoms with Crippen molar-refractivity contribution in [3.05, 3.63) is 40.0 Å². The third kappa shape index (κ3) is 2.08. The van der Waals surface area contributed by atoms with Gasteiger partial charge in [0.15, 0.2) is 0 Å². The summed E-state index contributed by atoms with van der Waals surface area (Å²) in [5.41, 5.74) is -0.0293. The lowest BCUT2D eigenvalue weighted by Gasteiger charge is -1.99. The molecule has 0 aliphatic carbocycles. The number of hydrogen-bond acceptors (Lipinski definition) is 4. The van der Waals surface area contributed by atoms with Gasteiger partial charge in [-0.1, -0.05) is 24.3 Å². The Morgan fingerprint density at radius 2 is 2.21 bits per heavy atom. The fourth-order valence-corrected chi connectivity index (χ4v) is 1.01. The van der Waals surface area contributed by atoms with E-state index in [9.17, 15) is 15.2 Å². The van der Waals surface area contributed by atoms with Crippen molar-refractivity contribution in [2.24, 2.45) is 0 Å². The minimum atomic E-state index is -0.661. The fraction of sp³-hybridized carbons (Fsp3) is 0.111. The molecule has 0 heterocycles. The molecule has 1 aromatic carbocycles. The quantitative estimate of drug-likeness (QED) is 0.562. The zero-order valence-electron chi connectivity index (χ0n) is 7.25. The van der Waals surface area contributed by atoms with Crippen LogP contribution < -0.4 is 0 Å². The Morgan fingerprint density at radius 1 is 1.50 bits per heavy atom. The molecule has 74 valence electrons. The number of aromatic hydroxyl groups is 1. The number of nitro benzene ring substituents is 1. The van der Waals surface area contributed by atoms with Crippen molar-refractivity contribution in [3.63, 3.8) is 0 Å². The third-order valence-corrected chi connectivity index (χ3v) is 1.65. The highest BCUT2D eigenvalue weighted by atomic mass is 16.6. The van der Waals surface area contributed by atoms with E-state index in [1.54, 1.807) is 0 Å². The number of nitrogens with zero attached hydrogens (tertiary/aromatic N) is 1. The van der Waals surface area contributed by atoms with E-state index >= 15 is 0 Å². The normalized spacial score (nSPS) is 10.6. The number of phenolic OH excluding ortho intramolecular Hbond substituents is 1. The average Bonchev–Trinajstić information content (AvgIpc) is 2.16. The molecule has 5 heteroatoms. The van der Waals surface area contributed by atoms with E-state index in [4.69, 9.17) is 5.11 Å². The predicted molar refractivity (Wildman–Crippen MR) is 50.9 cm³/mol. The molecular weight excluding hydrogens is 186 g/mol. The largest absolute Gasteiger partial charge is 0.502 e. The highest BCUT2D eigenvalue weighted by molar-refractivity contribution is 5.63. The molecule has 0 fully saturated rings. The van der Waals surface area contributed by atoms with Crippen LogP contribution in [-0.4, -0.2) is 21.7 Å². The van der Waals surface area contributed by atoms with Gasteiger partial charge >= 0.3 is 5.69 Å². The zero-order valence-corrected chi connectivity index (χ0v) is 7.25. The molecule has 0 aliphatic rings. The van der Waals surface area contributed by atoms with Crippen molar-refractivity contribution >= 4 is 11.8 Å². The Bertz CT molecular complexity index is 373. The van der Waals surface area contributed by atoms with Gasteiger partial charge in [0.25, 0.3) is 0 Å². The predicted octanol–water partition coefficient (Wildman–Crippen LogP) is 1.31. The third-order valence-electron chi connectivity index (χ3n) is 1.65. The van der Waals surface area contributed by atoms with Gasteiger partial charge in [-0.15, -0.1) is 0 Å². The number of hydrogen-bond donors (Lipinski definition) is 2. The van der Waals surface area contributed by atoms with Gasteiger partial charge in [-0.05, 0) is 0 Å². The molecule has 0 saturated heterocycles. The summed E-state index contributed by atoms with van der Waals surface area (Å²) in [6.45, 7) is -0.178. The maximum atomic E-state index is 10.4. The summed E-state index contributed by atoms with van der Waals surface area (Å²) in [4.78, 5) is 9.76. The zero-order chi connectivity index (χ0) is 10.6. The molecule has 1 rings (SSSR count). The van der Waals surface area contributed by atoms with Crippen LogP contribution in [0.25, 0.3) is 6.08 Å². The van der Waals surface area contributed by atoms with Gasteiger partial charge in [0.05, 0.1) is 11.5 Å². The Labute approximate surface area is 80.1 Å². The number of aliphatic hydroxyl groups excluding tert-OH is 1. The average molecular weight is 195 g/mol. The summed E-state index contributed by atoms with van der Waals surface area (Å²) in [6, 6.07) is 4.20.